The van der Waals surface area contributed by atoms with Crippen LogP contribution in [0.15, 0.2) is 35.5 Å². The largest absolute Gasteiger partial charge is 0.487 e. The zero-order valence-electron chi connectivity index (χ0n) is 13.6. The molecule has 1 heterocycles. The number of hydrogen-bond donors (Lipinski definition) is 2. The number of amides is 2. The van der Waals surface area contributed by atoms with E-state index in [1.54, 1.807) is 13.8 Å². The van der Waals surface area contributed by atoms with Gasteiger partial charge in [-0.05, 0) is 32.0 Å². The topological polar surface area (TPSA) is 76.7 Å². The lowest BCUT2D eigenvalue weighted by molar-refractivity contribution is -0.139. The van der Waals surface area contributed by atoms with Gasteiger partial charge in [0.15, 0.2) is 0 Å². The maximum Gasteiger partial charge on any atom is 0.416 e. The van der Waals surface area contributed by atoms with Crippen molar-refractivity contribution >= 4 is 12.0 Å². The second-order valence-electron chi connectivity index (χ2n) is 5.25. The lowest BCUT2D eigenvalue weighted by Gasteiger charge is -2.26. The number of urea groups is 1. The molecule has 0 aromatic heterocycles. The quantitative estimate of drug-likeness (QED) is 0.794. The van der Waals surface area contributed by atoms with Crippen LogP contribution in [0.4, 0.5) is 18.0 Å². The van der Waals surface area contributed by atoms with Gasteiger partial charge < -0.3 is 20.1 Å². The van der Waals surface area contributed by atoms with E-state index in [-0.39, 0.29) is 30.2 Å². The highest BCUT2D eigenvalue weighted by molar-refractivity contribution is 5.94. The van der Waals surface area contributed by atoms with Crippen molar-refractivity contribution in [3.05, 3.63) is 41.1 Å². The molecule has 0 saturated carbocycles. The molecule has 0 fully saturated rings. The molecule has 1 aliphatic heterocycles. The minimum Gasteiger partial charge on any atom is -0.487 e. The molecule has 1 aliphatic rings. The molecule has 2 N–H and O–H groups in total. The number of hydrogen-bond acceptors (Lipinski definition) is 4. The fourth-order valence-corrected chi connectivity index (χ4v) is 2.31. The predicted molar refractivity (Wildman–Crippen MR) is 81.7 cm³/mol. The minimum absolute atomic E-state index is 0.0361. The van der Waals surface area contributed by atoms with Crippen LogP contribution in [0.2, 0.25) is 0 Å². The van der Waals surface area contributed by atoms with Crippen molar-refractivity contribution in [1.82, 2.24) is 10.6 Å². The zero-order valence-corrected chi connectivity index (χ0v) is 13.6. The Morgan fingerprint density at radius 3 is 2.68 bits per heavy atom. The summed E-state index contributed by atoms with van der Waals surface area (Å²) in [4.78, 5) is 23.6. The van der Waals surface area contributed by atoms with Crippen LogP contribution in [-0.4, -0.2) is 31.3 Å². The monoisotopic (exact) mass is 358 g/mol. The Morgan fingerprint density at radius 1 is 1.32 bits per heavy atom. The highest BCUT2D eigenvalue weighted by atomic mass is 19.4. The van der Waals surface area contributed by atoms with Crippen LogP contribution in [0.1, 0.15) is 19.4 Å². The van der Waals surface area contributed by atoms with E-state index >= 15 is 0 Å². The molecule has 0 bridgehead atoms. The summed E-state index contributed by atoms with van der Waals surface area (Å²) in [5.41, 5.74) is -0.548. The first-order valence-electron chi connectivity index (χ1n) is 7.50. The first-order valence-corrected chi connectivity index (χ1v) is 7.50. The van der Waals surface area contributed by atoms with Crippen LogP contribution in [-0.2, 0) is 15.7 Å². The molecule has 0 aliphatic carbocycles. The average molecular weight is 358 g/mol. The van der Waals surface area contributed by atoms with E-state index < -0.39 is 29.8 Å². The number of carbonyl (C=O) groups excluding carboxylic acids is 2. The van der Waals surface area contributed by atoms with Crippen molar-refractivity contribution < 1.29 is 32.2 Å². The Bertz CT molecular complexity index is 701. The highest BCUT2D eigenvalue weighted by Gasteiger charge is 2.31. The number of ether oxygens (including phenoxy) is 2. The van der Waals surface area contributed by atoms with Crippen LogP contribution >= 0.6 is 0 Å². The fourth-order valence-electron chi connectivity index (χ4n) is 2.31. The van der Waals surface area contributed by atoms with Crippen LogP contribution < -0.4 is 15.4 Å². The summed E-state index contributed by atoms with van der Waals surface area (Å²) in [5.74, 6) is -0.670. The van der Waals surface area contributed by atoms with E-state index in [4.69, 9.17) is 9.47 Å². The minimum atomic E-state index is -4.49. The van der Waals surface area contributed by atoms with E-state index in [9.17, 15) is 22.8 Å². The van der Waals surface area contributed by atoms with Gasteiger partial charge in [-0.1, -0.05) is 6.07 Å². The summed E-state index contributed by atoms with van der Waals surface area (Å²) in [6.45, 7) is 3.09. The lowest BCUT2D eigenvalue weighted by atomic mass is 10.0. The van der Waals surface area contributed by atoms with Gasteiger partial charge in [-0.3, -0.25) is 0 Å². The molecular formula is C16H17F3N2O4. The molecular weight excluding hydrogens is 341 g/mol. The number of halogens is 3. The number of carbonyl (C=O) groups is 2. The molecule has 136 valence electrons. The first kappa shape index (κ1) is 18.6. The maximum absolute atomic E-state index is 12.7. The number of esters is 1. The fraction of sp³-hybridized carbons (Fsp3) is 0.375. The summed E-state index contributed by atoms with van der Waals surface area (Å²) < 4.78 is 48.4. The van der Waals surface area contributed by atoms with E-state index in [2.05, 4.69) is 10.6 Å². The number of benzene rings is 1. The van der Waals surface area contributed by atoms with Crippen LogP contribution in [0, 0.1) is 0 Å². The third kappa shape index (κ3) is 4.65. The van der Waals surface area contributed by atoms with Gasteiger partial charge in [0.1, 0.15) is 12.4 Å². The summed E-state index contributed by atoms with van der Waals surface area (Å²) in [6, 6.07) is 3.17. The summed E-state index contributed by atoms with van der Waals surface area (Å²) in [5, 5.41) is 4.95. The Balaban J connectivity index is 2.22. The molecule has 9 heteroatoms. The first-order chi connectivity index (χ1) is 11.7. The van der Waals surface area contributed by atoms with Crippen molar-refractivity contribution in [3.63, 3.8) is 0 Å². The molecule has 25 heavy (non-hydrogen) atoms. The van der Waals surface area contributed by atoms with Gasteiger partial charge in [-0.25, -0.2) is 9.59 Å². The van der Waals surface area contributed by atoms with Gasteiger partial charge in [-0.2, -0.15) is 13.2 Å². The average Bonchev–Trinajstić information content (AvgIpc) is 2.52. The highest BCUT2D eigenvalue weighted by Crippen LogP contribution is 2.31. The van der Waals surface area contributed by atoms with Crippen LogP contribution in [0.25, 0.3) is 0 Å². The number of nitrogens with one attached hydrogen (secondary N) is 2. The third-order valence-corrected chi connectivity index (χ3v) is 3.41. The molecule has 0 saturated heterocycles. The van der Waals surface area contributed by atoms with Gasteiger partial charge in [0.2, 0.25) is 0 Å². The molecule has 1 aromatic carbocycles. The third-order valence-electron chi connectivity index (χ3n) is 3.41. The van der Waals surface area contributed by atoms with Crippen molar-refractivity contribution in [3.8, 4) is 5.75 Å². The van der Waals surface area contributed by atoms with E-state index in [0.717, 1.165) is 12.1 Å². The number of alkyl halides is 3. The van der Waals surface area contributed by atoms with E-state index in [1.807, 2.05) is 0 Å². The molecule has 0 spiro atoms. The number of rotatable bonds is 5. The maximum atomic E-state index is 12.7. The predicted octanol–water partition coefficient (Wildman–Crippen LogP) is 2.60. The van der Waals surface area contributed by atoms with Crippen LogP contribution in [0.3, 0.4) is 0 Å². The van der Waals surface area contributed by atoms with Crippen molar-refractivity contribution in [2.45, 2.75) is 26.1 Å². The Labute approximate surface area is 142 Å². The van der Waals surface area contributed by atoms with Gasteiger partial charge in [0.25, 0.3) is 0 Å². The van der Waals surface area contributed by atoms with Gasteiger partial charge in [0, 0.05) is 0 Å². The Morgan fingerprint density at radius 2 is 2.04 bits per heavy atom. The van der Waals surface area contributed by atoms with Crippen molar-refractivity contribution in [2.24, 2.45) is 0 Å². The molecule has 2 amide bonds. The molecule has 2 rings (SSSR count). The summed E-state index contributed by atoms with van der Waals surface area (Å²) in [7, 11) is 0. The molecule has 6 nitrogen and oxygen atoms in total. The van der Waals surface area contributed by atoms with E-state index in [0.29, 0.717) is 0 Å². The second-order valence-corrected chi connectivity index (χ2v) is 5.25. The summed E-state index contributed by atoms with van der Waals surface area (Å²) >= 11 is 0. The van der Waals surface area contributed by atoms with Crippen molar-refractivity contribution in [2.75, 3.05) is 13.2 Å². The van der Waals surface area contributed by atoms with Gasteiger partial charge >= 0.3 is 18.2 Å². The zero-order chi connectivity index (χ0) is 18.6. The summed E-state index contributed by atoms with van der Waals surface area (Å²) in [6.07, 6.45) is -4.49. The normalized spacial score (nSPS) is 17.6. The second kappa shape index (κ2) is 7.45. The van der Waals surface area contributed by atoms with Gasteiger partial charge in [-0.15, -0.1) is 0 Å². The molecule has 1 aromatic rings. The molecule has 1 atom stereocenters. The van der Waals surface area contributed by atoms with Gasteiger partial charge in [0.05, 0.1) is 29.5 Å². The Kier molecular flexibility index (Phi) is 5.55. The SMILES string of the molecule is CCOC(=O)C1=C(COc2cccc(C(F)(F)F)c2)NC(=O)NC1C. The molecule has 0 radical (unpaired) electrons. The van der Waals surface area contributed by atoms with Crippen molar-refractivity contribution in [1.29, 1.82) is 0 Å². The molecule has 1 unspecified atom stereocenters. The van der Waals surface area contributed by atoms with Crippen LogP contribution in [0.5, 0.6) is 5.75 Å². The smallest absolute Gasteiger partial charge is 0.416 e. The lowest BCUT2D eigenvalue weighted by Crippen LogP contribution is -2.50. The standard InChI is InChI=1S/C16H17F3N2O4/c1-3-24-14(22)13-9(2)20-15(23)21-12(13)8-25-11-6-4-5-10(7-11)16(17,18)19/h4-7,9H,3,8H2,1-2H3,(H2,20,21,23). The Hall–Kier alpha value is -2.71. The van der Waals surface area contributed by atoms with E-state index in [1.165, 1.54) is 12.1 Å².